The molecule has 0 saturated heterocycles. The van der Waals surface area contributed by atoms with Crippen LogP contribution in [0.4, 0.5) is 5.69 Å². The number of pyridine rings is 1. The first-order valence-corrected chi connectivity index (χ1v) is 8.05. The molecule has 0 amide bonds. The summed E-state index contributed by atoms with van der Waals surface area (Å²) in [5.74, 6) is 3.86. The van der Waals surface area contributed by atoms with Crippen LogP contribution in [0.15, 0.2) is 18.5 Å². The van der Waals surface area contributed by atoms with Crippen LogP contribution in [-0.4, -0.2) is 11.6 Å². The first-order valence-electron chi connectivity index (χ1n) is 8.05. The van der Waals surface area contributed by atoms with Crippen LogP contribution in [-0.2, 0) is 0 Å². The minimum Gasteiger partial charge on any atom is -0.491 e. The van der Waals surface area contributed by atoms with Gasteiger partial charge in [-0.15, -0.1) is 0 Å². The smallest absolute Gasteiger partial charge is 0.145 e. The quantitative estimate of drug-likeness (QED) is 0.910. The lowest BCUT2D eigenvalue weighted by atomic mass is 9.49. The van der Waals surface area contributed by atoms with Crippen molar-refractivity contribution >= 4 is 5.69 Å². The normalized spacial score (nSPS) is 38.1. The van der Waals surface area contributed by atoms with E-state index in [0.717, 1.165) is 30.1 Å². The van der Waals surface area contributed by atoms with Crippen molar-refractivity contribution in [3.8, 4) is 5.75 Å². The molecule has 0 spiro atoms. The molecule has 1 heterocycles. The summed E-state index contributed by atoms with van der Waals surface area (Å²) in [4.78, 5) is 4.00. The van der Waals surface area contributed by atoms with Gasteiger partial charge in [0.15, 0.2) is 0 Å². The fraction of sp³-hybridized carbons (Fsp3) is 0.706. The van der Waals surface area contributed by atoms with Crippen molar-refractivity contribution in [2.75, 3.05) is 12.3 Å². The fourth-order valence-corrected chi connectivity index (χ4v) is 5.50. The summed E-state index contributed by atoms with van der Waals surface area (Å²) < 4.78 is 5.91. The molecule has 0 aromatic carbocycles. The molecular formula is C17H24N2O. The second-order valence-corrected chi connectivity index (χ2v) is 7.43. The molecule has 4 fully saturated rings. The maximum Gasteiger partial charge on any atom is 0.145 e. The van der Waals surface area contributed by atoms with Gasteiger partial charge in [-0.2, -0.15) is 0 Å². The number of nitrogens with zero attached hydrogens (tertiary/aromatic N) is 1. The van der Waals surface area contributed by atoms with E-state index in [1.807, 2.05) is 6.07 Å². The van der Waals surface area contributed by atoms with E-state index in [4.69, 9.17) is 10.5 Å². The number of hydrogen-bond acceptors (Lipinski definition) is 3. The molecule has 108 valence electrons. The summed E-state index contributed by atoms with van der Waals surface area (Å²) in [6.07, 6.45) is 13.5. The average Bonchev–Trinajstić information content (AvgIpc) is 2.39. The van der Waals surface area contributed by atoms with E-state index in [9.17, 15) is 0 Å². The van der Waals surface area contributed by atoms with Gasteiger partial charge in [0.2, 0.25) is 0 Å². The average molecular weight is 272 g/mol. The number of nitrogen functional groups attached to an aromatic ring is 1. The van der Waals surface area contributed by atoms with Gasteiger partial charge in [-0.1, -0.05) is 0 Å². The van der Waals surface area contributed by atoms with Gasteiger partial charge in [-0.3, -0.25) is 4.98 Å². The lowest BCUT2D eigenvalue weighted by Crippen LogP contribution is -2.46. The zero-order valence-electron chi connectivity index (χ0n) is 12.1. The first kappa shape index (κ1) is 12.5. The second kappa shape index (κ2) is 4.64. The molecule has 0 radical (unpaired) electrons. The van der Waals surface area contributed by atoms with Gasteiger partial charge in [0.25, 0.3) is 0 Å². The molecule has 4 saturated carbocycles. The first-order chi connectivity index (χ1) is 9.72. The van der Waals surface area contributed by atoms with Crippen LogP contribution in [0.2, 0.25) is 0 Å². The number of rotatable bonds is 4. The standard InChI is InChI=1S/C17H24N2O/c18-15-11-19-3-1-16(15)20-4-2-17-8-12-5-13(9-17)7-14(6-12)10-17/h1,3,11-14H,2,4-10,18H2. The van der Waals surface area contributed by atoms with E-state index in [-0.39, 0.29) is 0 Å². The Morgan fingerprint density at radius 1 is 1.15 bits per heavy atom. The third-order valence-corrected chi connectivity index (χ3v) is 5.87. The third-order valence-electron chi connectivity index (χ3n) is 5.87. The molecule has 3 heteroatoms. The van der Waals surface area contributed by atoms with E-state index >= 15 is 0 Å². The van der Waals surface area contributed by atoms with Crippen molar-refractivity contribution in [3.05, 3.63) is 18.5 Å². The highest BCUT2D eigenvalue weighted by atomic mass is 16.5. The topological polar surface area (TPSA) is 48.1 Å². The number of hydrogen-bond donors (Lipinski definition) is 1. The Balaban J connectivity index is 1.39. The molecule has 2 N–H and O–H groups in total. The van der Waals surface area contributed by atoms with Gasteiger partial charge in [0.05, 0.1) is 18.5 Å². The molecule has 4 aliphatic rings. The summed E-state index contributed by atoms with van der Waals surface area (Å²) in [6.45, 7) is 0.806. The summed E-state index contributed by atoms with van der Waals surface area (Å²) in [5, 5.41) is 0. The predicted octanol–water partition coefficient (Wildman–Crippen LogP) is 3.65. The largest absolute Gasteiger partial charge is 0.491 e. The van der Waals surface area contributed by atoms with Crippen LogP contribution in [0.5, 0.6) is 5.75 Å². The number of anilines is 1. The van der Waals surface area contributed by atoms with Crippen LogP contribution >= 0.6 is 0 Å². The third kappa shape index (κ3) is 2.17. The monoisotopic (exact) mass is 272 g/mol. The van der Waals surface area contributed by atoms with E-state index in [2.05, 4.69) is 4.98 Å². The number of ether oxygens (including phenoxy) is 1. The maximum absolute atomic E-state index is 5.91. The summed E-state index contributed by atoms with van der Waals surface area (Å²) in [6, 6.07) is 1.87. The van der Waals surface area contributed by atoms with Gasteiger partial charge in [0.1, 0.15) is 5.75 Å². The van der Waals surface area contributed by atoms with Crippen molar-refractivity contribution in [1.29, 1.82) is 0 Å². The van der Waals surface area contributed by atoms with E-state index in [0.29, 0.717) is 11.1 Å². The second-order valence-electron chi connectivity index (χ2n) is 7.43. The highest BCUT2D eigenvalue weighted by Gasteiger charge is 2.50. The highest BCUT2D eigenvalue weighted by Crippen LogP contribution is 2.61. The van der Waals surface area contributed by atoms with Crippen molar-refractivity contribution in [3.63, 3.8) is 0 Å². The van der Waals surface area contributed by atoms with Gasteiger partial charge in [-0.05, 0) is 68.1 Å². The van der Waals surface area contributed by atoms with Gasteiger partial charge < -0.3 is 10.5 Å². The van der Waals surface area contributed by atoms with Crippen molar-refractivity contribution in [2.45, 2.75) is 44.9 Å². The summed E-state index contributed by atoms with van der Waals surface area (Å²) >= 11 is 0. The van der Waals surface area contributed by atoms with Crippen LogP contribution < -0.4 is 10.5 Å². The minimum absolute atomic E-state index is 0.594. The Hall–Kier alpha value is -1.25. The van der Waals surface area contributed by atoms with Crippen molar-refractivity contribution < 1.29 is 4.74 Å². The fourth-order valence-electron chi connectivity index (χ4n) is 5.50. The molecule has 0 aliphatic heterocycles. The Kier molecular flexibility index (Phi) is 2.90. The van der Waals surface area contributed by atoms with Gasteiger partial charge in [-0.25, -0.2) is 0 Å². The van der Waals surface area contributed by atoms with E-state index in [1.165, 1.54) is 44.9 Å². The molecule has 0 unspecified atom stereocenters. The SMILES string of the molecule is Nc1cnccc1OCCC12CC3CC(CC(C3)C1)C2. The van der Waals surface area contributed by atoms with Crippen molar-refractivity contribution in [2.24, 2.45) is 23.2 Å². The lowest BCUT2D eigenvalue weighted by Gasteiger charge is -2.57. The zero-order valence-corrected chi connectivity index (χ0v) is 12.1. The Morgan fingerprint density at radius 3 is 2.40 bits per heavy atom. The van der Waals surface area contributed by atoms with Gasteiger partial charge >= 0.3 is 0 Å². The minimum atomic E-state index is 0.594. The van der Waals surface area contributed by atoms with E-state index < -0.39 is 0 Å². The lowest BCUT2D eigenvalue weighted by molar-refractivity contribution is -0.0622. The zero-order chi connectivity index (χ0) is 13.6. The van der Waals surface area contributed by atoms with Gasteiger partial charge in [0, 0.05) is 12.3 Å². The van der Waals surface area contributed by atoms with Crippen molar-refractivity contribution in [1.82, 2.24) is 4.98 Å². The molecule has 3 nitrogen and oxygen atoms in total. The maximum atomic E-state index is 5.91. The van der Waals surface area contributed by atoms with E-state index in [1.54, 1.807) is 12.4 Å². The molecule has 0 atom stereocenters. The molecule has 5 rings (SSSR count). The number of nitrogens with two attached hydrogens (primary N) is 1. The Morgan fingerprint density at radius 2 is 1.80 bits per heavy atom. The molecule has 20 heavy (non-hydrogen) atoms. The predicted molar refractivity (Wildman–Crippen MR) is 79.4 cm³/mol. The Labute approximate surface area is 120 Å². The molecule has 4 aliphatic carbocycles. The summed E-state index contributed by atoms with van der Waals surface area (Å²) in [7, 11) is 0. The van der Waals surface area contributed by atoms with Crippen LogP contribution in [0.1, 0.15) is 44.9 Å². The molecule has 1 aromatic rings. The molecule has 4 bridgehead atoms. The van der Waals surface area contributed by atoms with Crippen LogP contribution in [0.3, 0.4) is 0 Å². The number of aromatic nitrogens is 1. The Bertz CT molecular complexity index is 464. The molecule has 1 aromatic heterocycles. The summed E-state index contributed by atoms with van der Waals surface area (Å²) in [5.41, 5.74) is 7.12. The van der Waals surface area contributed by atoms with Crippen LogP contribution in [0, 0.1) is 23.2 Å². The molecular weight excluding hydrogens is 248 g/mol. The highest BCUT2D eigenvalue weighted by molar-refractivity contribution is 5.49. The van der Waals surface area contributed by atoms with Crippen LogP contribution in [0.25, 0.3) is 0 Å².